The van der Waals surface area contributed by atoms with E-state index in [0.717, 1.165) is 91.5 Å². The van der Waals surface area contributed by atoms with Gasteiger partial charge in [-0.1, -0.05) is 26.0 Å². The van der Waals surface area contributed by atoms with Crippen molar-refractivity contribution in [3.63, 3.8) is 0 Å². The van der Waals surface area contributed by atoms with Crippen molar-refractivity contribution in [3.8, 4) is 5.75 Å². The molecule has 2 amide bonds. The number of aryl methyl sites for hydroxylation is 1. The zero-order valence-corrected chi connectivity index (χ0v) is 47.7. The lowest BCUT2D eigenvalue weighted by molar-refractivity contribution is -0.120. The highest BCUT2D eigenvalue weighted by Gasteiger charge is 2.40. The summed E-state index contributed by atoms with van der Waals surface area (Å²) >= 11 is 0. The third-order valence-corrected chi connectivity index (χ3v) is 17.1. The minimum absolute atomic E-state index is 0.0130. The van der Waals surface area contributed by atoms with Gasteiger partial charge in [0.1, 0.15) is 30.3 Å². The van der Waals surface area contributed by atoms with Gasteiger partial charge in [-0.05, 0) is 97.3 Å². The van der Waals surface area contributed by atoms with E-state index in [1.807, 2.05) is 62.7 Å². The second kappa shape index (κ2) is 23.8. The molecule has 4 aromatic heterocycles. The number of H-pyrrole nitrogens is 1. The predicted molar refractivity (Wildman–Crippen MR) is 304 cm³/mol. The number of carbonyl (C=O) groups excluding carboxylic acids is 2. The molecule has 2 aromatic carbocycles. The minimum Gasteiger partial charge on any atom is -0.491 e. The van der Waals surface area contributed by atoms with Gasteiger partial charge >= 0.3 is 0 Å². The van der Waals surface area contributed by atoms with Crippen LogP contribution in [0.2, 0.25) is 0 Å². The van der Waals surface area contributed by atoms with Crippen LogP contribution >= 0.6 is 0 Å². The number of pyridine rings is 1. The van der Waals surface area contributed by atoms with Crippen molar-refractivity contribution in [1.29, 1.82) is 0 Å². The molecule has 3 atom stereocenters. The molecule has 0 aliphatic carbocycles. The quantitative estimate of drug-likeness (QED) is 0.120. The molecular formula is C57H76FN15O4S. The Morgan fingerprint density at radius 1 is 0.872 bits per heavy atom. The van der Waals surface area contributed by atoms with Crippen LogP contribution in [0.4, 0.5) is 27.7 Å². The van der Waals surface area contributed by atoms with Gasteiger partial charge in [0, 0.05) is 142 Å². The maximum atomic E-state index is 13.8. The van der Waals surface area contributed by atoms with Crippen molar-refractivity contribution >= 4 is 56.8 Å². The second-order valence-corrected chi connectivity index (χ2v) is 25.1. The molecule has 3 fully saturated rings. The van der Waals surface area contributed by atoms with E-state index in [4.69, 9.17) is 9.72 Å². The van der Waals surface area contributed by atoms with Gasteiger partial charge < -0.3 is 35.0 Å². The zero-order valence-electron chi connectivity index (χ0n) is 46.9. The number of amides is 2. The van der Waals surface area contributed by atoms with Crippen LogP contribution in [-0.2, 0) is 27.4 Å². The van der Waals surface area contributed by atoms with Gasteiger partial charge in [0.15, 0.2) is 5.82 Å². The van der Waals surface area contributed by atoms with Gasteiger partial charge in [-0.15, -0.1) is 0 Å². The Balaban J connectivity index is 0.000000216. The third-order valence-electron chi connectivity index (χ3n) is 15.2. The predicted octanol–water partition coefficient (Wildman–Crippen LogP) is 6.12. The van der Waals surface area contributed by atoms with Gasteiger partial charge in [0.05, 0.1) is 44.7 Å². The van der Waals surface area contributed by atoms with Gasteiger partial charge in [0.25, 0.3) is 5.91 Å². The Hall–Kier alpha value is -6.52. The summed E-state index contributed by atoms with van der Waals surface area (Å²) < 4.78 is 32.8. The first-order chi connectivity index (χ1) is 37.2. The van der Waals surface area contributed by atoms with Crippen LogP contribution in [0.15, 0.2) is 72.3 Å². The Bertz CT molecular complexity index is 3110. The lowest BCUT2D eigenvalue weighted by Crippen LogP contribution is -2.52. The van der Waals surface area contributed by atoms with Gasteiger partial charge in [-0.2, -0.15) is 5.10 Å². The second-order valence-electron chi connectivity index (χ2n) is 22.9. The molecule has 416 valence electrons. The van der Waals surface area contributed by atoms with Crippen molar-refractivity contribution in [1.82, 2.24) is 60.0 Å². The average molecular weight is 1090 g/mol. The number of nitrogens with one attached hydrogen (secondary N) is 3. The Morgan fingerprint density at radius 3 is 2.29 bits per heavy atom. The van der Waals surface area contributed by atoms with E-state index in [9.17, 15) is 18.2 Å². The SMILES string of the molecule is CC1CN(CC(=O)N2CC(C)(C)c3ncc(Cc4ccc(F)cc4)cc32)CCN1.Cc1[nH]nc(Nc2ncnc3cc(OCCN4CCN(c5ncc(C(=O)N6CCN(C)[C@H](C)C6)cn5)CC4)c(S(=O)C(C)(C)C)cc23)c1C. The summed E-state index contributed by atoms with van der Waals surface area (Å²) in [6.07, 6.45) is 7.36. The number of ether oxygens (including phenoxy) is 1. The Labute approximate surface area is 460 Å². The number of halogens is 1. The summed E-state index contributed by atoms with van der Waals surface area (Å²) in [6, 6.07) is 13.1. The standard InChI is InChI=1S/C34H47N11O3S.C23H29FN4O/c1-22-20-45(11-8-42(22)7)32(46)25-18-35-33(36-19-25)44-12-9-43(10-13-44)14-15-48-28-17-27-26(16-29(28)49(47)34(4,5)6)31(38-21-37-27)39-30-23(2)24(3)40-41-30;1-16-13-27(9-8-25-16)14-21(29)28-15-23(2,3)22-20(28)11-18(12-26-22)10-17-4-6-19(24)7-5-17/h16-19,21-22H,8-15,20H2,1-7H3,(H2,37,38,39,40,41);4-7,11-12,16,25H,8-10,13-15H2,1-3H3/t22-,49?;/m1./s1. The van der Waals surface area contributed by atoms with Crippen LogP contribution in [0.3, 0.4) is 0 Å². The highest BCUT2D eigenvalue weighted by Crippen LogP contribution is 2.40. The van der Waals surface area contributed by atoms with Crippen molar-refractivity contribution in [2.75, 3.05) is 114 Å². The number of fused-ring (bicyclic) bond motifs is 2. The van der Waals surface area contributed by atoms with Crippen molar-refractivity contribution in [3.05, 3.63) is 107 Å². The highest BCUT2D eigenvalue weighted by molar-refractivity contribution is 7.86. The number of aromatic amines is 1. The van der Waals surface area contributed by atoms with Crippen LogP contribution in [0.5, 0.6) is 5.75 Å². The van der Waals surface area contributed by atoms with Crippen molar-refractivity contribution in [2.24, 2.45) is 0 Å². The van der Waals surface area contributed by atoms with Crippen molar-refractivity contribution in [2.45, 2.75) is 95.9 Å². The molecule has 21 heteroatoms. The maximum Gasteiger partial charge on any atom is 0.257 e. The minimum atomic E-state index is -1.36. The lowest BCUT2D eigenvalue weighted by Gasteiger charge is -2.37. The first-order valence-corrected chi connectivity index (χ1v) is 28.3. The van der Waals surface area contributed by atoms with Crippen LogP contribution in [-0.4, -0.2) is 186 Å². The van der Waals surface area contributed by atoms with Crippen LogP contribution < -0.4 is 25.2 Å². The number of piperazine rings is 3. The monoisotopic (exact) mass is 1090 g/mol. The first kappa shape index (κ1) is 56.2. The fourth-order valence-corrected chi connectivity index (χ4v) is 11.5. The molecule has 0 bridgehead atoms. The molecule has 10 rings (SSSR count). The molecule has 19 nitrogen and oxygen atoms in total. The molecular weight excluding hydrogens is 1010 g/mol. The molecule has 3 saturated heterocycles. The van der Waals surface area contributed by atoms with E-state index in [1.165, 1.54) is 18.5 Å². The molecule has 4 aliphatic rings. The topological polar surface area (TPSA) is 197 Å². The highest BCUT2D eigenvalue weighted by atomic mass is 32.2. The molecule has 78 heavy (non-hydrogen) atoms. The summed E-state index contributed by atoms with van der Waals surface area (Å²) in [5, 5.41) is 14.8. The number of hydrogen-bond acceptors (Lipinski definition) is 16. The number of anilines is 4. The zero-order chi connectivity index (χ0) is 55.5. The Morgan fingerprint density at radius 2 is 1.62 bits per heavy atom. The Kier molecular flexibility index (Phi) is 17.2. The number of hydrogen-bond donors (Lipinski definition) is 3. The summed E-state index contributed by atoms with van der Waals surface area (Å²) in [5.41, 5.74) is 6.96. The summed E-state index contributed by atoms with van der Waals surface area (Å²) in [4.78, 5) is 62.4. The molecule has 0 radical (unpaired) electrons. The maximum absolute atomic E-state index is 13.8. The summed E-state index contributed by atoms with van der Waals surface area (Å²) in [5.74, 6) is 2.36. The van der Waals surface area contributed by atoms with E-state index in [1.54, 1.807) is 24.5 Å². The summed E-state index contributed by atoms with van der Waals surface area (Å²) in [7, 11) is 0.730. The van der Waals surface area contributed by atoms with E-state index in [-0.39, 0.29) is 23.0 Å². The van der Waals surface area contributed by atoms with Crippen LogP contribution in [0, 0.1) is 19.7 Å². The lowest BCUT2D eigenvalue weighted by atomic mass is 9.91. The van der Waals surface area contributed by atoms with Crippen LogP contribution in [0.1, 0.15) is 86.9 Å². The third kappa shape index (κ3) is 13.1. The normalized spacial score (nSPS) is 19.6. The molecule has 8 heterocycles. The molecule has 4 aliphatic heterocycles. The van der Waals surface area contributed by atoms with E-state index in [2.05, 4.69) is 101 Å². The summed E-state index contributed by atoms with van der Waals surface area (Å²) in [6.45, 7) is 28.7. The molecule has 6 aromatic rings. The van der Waals surface area contributed by atoms with Crippen molar-refractivity contribution < 1.29 is 22.9 Å². The number of nitrogens with zero attached hydrogens (tertiary/aromatic N) is 12. The van der Waals surface area contributed by atoms with Gasteiger partial charge in [-0.25, -0.2) is 24.3 Å². The smallest absolute Gasteiger partial charge is 0.257 e. The molecule has 2 unspecified atom stereocenters. The fraction of sp³-hybridized carbons (Fsp3) is 0.509. The van der Waals surface area contributed by atoms with E-state index < -0.39 is 15.5 Å². The van der Waals surface area contributed by atoms with Gasteiger partial charge in [-0.3, -0.25) is 33.7 Å². The number of carbonyl (C=O) groups is 2. The largest absolute Gasteiger partial charge is 0.491 e. The van der Waals surface area contributed by atoms with Gasteiger partial charge in [0.2, 0.25) is 11.9 Å². The van der Waals surface area contributed by atoms with E-state index in [0.29, 0.717) is 97.1 Å². The molecule has 0 spiro atoms. The van der Waals surface area contributed by atoms with E-state index >= 15 is 0 Å². The van der Waals surface area contributed by atoms with Crippen LogP contribution in [0.25, 0.3) is 10.9 Å². The first-order valence-electron chi connectivity index (χ1n) is 27.1. The number of likely N-dealkylation sites (N-methyl/N-ethyl adjacent to an activating group) is 1. The number of benzene rings is 2. The molecule has 0 saturated carbocycles. The number of aromatic nitrogens is 7. The fourth-order valence-electron chi connectivity index (χ4n) is 10.3. The number of rotatable bonds is 13. The average Bonchev–Trinajstić information content (AvgIpc) is 3.94. The molecule has 3 N–H and O–H groups in total.